The van der Waals surface area contributed by atoms with Gasteiger partial charge in [-0.05, 0) is 18.4 Å². The first-order valence-electron chi connectivity index (χ1n) is 7.08. The molecule has 2 aromatic carbocycles. The van der Waals surface area contributed by atoms with E-state index in [0.717, 1.165) is 6.26 Å². The van der Waals surface area contributed by atoms with E-state index in [1.807, 2.05) is 36.4 Å². The zero-order chi connectivity index (χ0) is 24.0. The van der Waals surface area contributed by atoms with E-state index in [-0.39, 0.29) is 34.5 Å². The van der Waals surface area contributed by atoms with Gasteiger partial charge in [-0.15, -0.1) is 0 Å². The molecule has 0 saturated carbocycles. The smallest absolute Gasteiger partial charge is 0.773 e. The van der Waals surface area contributed by atoms with E-state index >= 15 is 0 Å². The monoisotopic (exact) mass is 524 g/mol. The van der Waals surface area contributed by atoms with E-state index in [9.17, 15) is 30.6 Å². The van der Waals surface area contributed by atoms with Crippen molar-refractivity contribution in [1.29, 1.82) is 0 Å². The summed E-state index contributed by atoms with van der Waals surface area (Å²) in [5, 5.41) is 0. The van der Waals surface area contributed by atoms with Crippen molar-refractivity contribution in [3.8, 4) is 0 Å². The van der Waals surface area contributed by atoms with Gasteiger partial charge in [-0.1, -0.05) is 65.7 Å². The Morgan fingerprint density at radius 1 is 0.806 bits per heavy atom. The van der Waals surface area contributed by atoms with E-state index in [1.54, 1.807) is 6.07 Å². The van der Waals surface area contributed by atoms with Crippen molar-refractivity contribution in [3.63, 3.8) is 0 Å². The Hall–Kier alpha value is -0.810. The summed E-state index contributed by atoms with van der Waals surface area (Å²) in [6.45, 7) is 0. The largest absolute Gasteiger partial charge is 1.00 e. The van der Waals surface area contributed by atoms with Gasteiger partial charge in [0.25, 0.3) is 0 Å². The maximum absolute atomic E-state index is 11.8. The van der Waals surface area contributed by atoms with Crippen LogP contribution in [-0.2, 0) is 32.0 Å². The Morgan fingerprint density at radius 2 is 1.03 bits per heavy atom. The van der Waals surface area contributed by atoms with Crippen LogP contribution in [0.15, 0.2) is 71.6 Å². The molecule has 2 atom stereocenters. The maximum atomic E-state index is 11.8. The van der Waals surface area contributed by atoms with Gasteiger partial charge in [0.15, 0.2) is 10.8 Å². The minimum Gasteiger partial charge on any atom is -0.773 e. The molecule has 0 aliphatic carbocycles. The van der Waals surface area contributed by atoms with Gasteiger partial charge in [-0.2, -0.15) is 34.8 Å². The average Bonchev–Trinajstić information content (AvgIpc) is 2.61. The summed E-state index contributed by atoms with van der Waals surface area (Å²) in [5.41, 5.74) is -10.2. The Balaban J connectivity index is -0.000000360. The number of halogens is 6. The van der Waals surface area contributed by atoms with E-state index in [4.69, 9.17) is 21.7 Å². The van der Waals surface area contributed by atoms with Gasteiger partial charge >= 0.3 is 50.7 Å². The van der Waals surface area contributed by atoms with Crippen LogP contribution in [0.1, 0.15) is 0 Å². The van der Waals surface area contributed by atoms with Gasteiger partial charge in [-0.3, -0.25) is 8.76 Å². The van der Waals surface area contributed by atoms with Crippen LogP contribution in [0.5, 0.6) is 0 Å². The predicted octanol–water partition coefficient (Wildman–Crippen LogP) is 0.894. The van der Waals surface area contributed by atoms with Crippen molar-refractivity contribution < 1.29 is 81.8 Å². The third-order valence-electron chi connectivity index (χ3n) is 2.13. The number of rotatable bonds is 1. The van der Waals surface area contributed by atoms with Crippen LogP contribution in [0.3, 0.4) is 0 Å². The average molecular weight is 524 g/mol. The summed E-state index contributed by atoms with van der Waals surface area (Å²) in [4.78, 5) is -0.218. The molecule has 6 nitrogen and oxygen atoms in total. The minimum absolute atomic E-state index is 0. The van der Waals surface area contributed by atoms with Crippen molar-refractivity contribution >= 4 is 32.0 Å². The van der Waals surface area contributed by atoms with Crippen molar-refractivity contribution in [2.75, 3.05) is 6.26 Å². The SMILES string of the molecule is CS(=O)[O-].O=S(=O)(O)C(F)(F)F.O=S(c1ccccc1)C(F)(F)F.[Na+].c1ccccc1. The zero-order valence-corrected chi connectivity index (χ0v) is 20.3. The van der Waals surface area contributed by atoms with Crippen molar-refractivity contribution in [3.05, 3.63) is 66.7 Å². The molecule has 0 heterocycles. The molecule has 0 aromatic heterocycles. The molecule has 0 radical (unpaired) electrons. The number of hydrogen-bond donors (Lipinski definition) is 1. The number of benzene rings is 2. The van der Waals surface area contributed by atoms with Gasteiger partial charge in [0, 0.05) is 4.90 Å². The Bertz CT molecular complexity index is 832. The Labute approximate surface area is 201 Å². The summed E-state index contributed by atoms with van der Waals surface area (Å²) >= 11 is -1.86. The molecule has 1 N–H and O–H groups in total. The van der Waals surface area contributed by atoms with Crippen LogP contribution in [0.25, 0.3) is 0 Å². The van der Waals surface area contributed by atoms with Crippen LogP contribution in [0.4, 0.5) is 26.3 Å². The molecule has 0 fully saturated rings. The quantitative estimate of drug-likeness (QED) is 0.195. The summed E-state index contributed by atoms with van der Waals surface area (Å²) in [6.07, 6.45) is 1.08. The van der Waals surface area contributed by atoms with Crippen LogP contribution in [0, 0.1) is 0 Å². The van der Waals surface area contributed by atoms with Gasteiger partial charge in [0.1, 0.15) is 0 Å². The molecule has 2 aromatic rings. The van der Waals surface area contributed by atoms with Crippen LogP contribution >= 0.6 is 0 Å². The zero-order valence-electron chi connectivity index (χ0n) is 15.8. The van der Waals surface area contributed by atoms with E-state index < -0.39 is 43.0 Å². The fourth-order valence-corrected chi connectivity index (χ4v) is 1.73. The molecule has 31 heavy (non-hydrogen) atoms. The molecule has 0 bridgehead atoms. The first-order chi connectivity index (χ1) is 13.5. The van der Waals surface area contributed by atoms with Gasteiger partial charge in [0.05, 0.1) is 0 Å². The second-order valence-electron chi connectivity index (χ2n) is 4.50. The van der Waals surface area contributed by atoms with Crippen LogP contribution in [0.2, 0.25) is 0 Å². The molecule has 0 saturated heterocycles. The first-order valence-corrected chi connectivity index (χ1v) is 11.2. The summed E-state index contributed by atoms with van der Waals surface area (Å²) in [5.74, 6) is 0. The molecular formula is C15H15F6NaO6S3. The van der Waals surface area contributed by atoms with Crippen LogP contribution in [-0.4, -0.2) is 43.2 Å². The third-order valence-corrected chi connectivity index (χ3v) is 3.83. The second-order valence-corrected chi connectivity index (χ2v) is 8.19. The second kappa shape index (κ2) is 16.8. The van der Waals surface area contributed by atoms with Crippen LogP contribution < -0.4 is 29.6 Å². The minimum atomic E-state index is -5.84. The number of alkyl halides is 6. The summed E-state index contributed by atoms with van der Waals surface area (Å²) in [7, 11) is -8.74. The molecule has 2 rings (SSSR count). The topological polar surface area (TPSA) is 112 Å². The first kappa shape index (κ1) is 34.8. The fraction of sp³-hybridized carbons (Fsp3) is 0.200. The maximum Gasteiger partial charge on any atom is 1.00 e. The van der Waals surface area contributed by atoms with Gasteiger partial charge in [-0.25, -0.2) is 4.21 Å². The standard InChI is InChI=1S/C7H5F3OS.C6H6.CHF3O3S.CH4O2S.Na/c8-7(9,10)12(11)6-4-2-1-3-5-6;1-2-4-6-5-3-1;2-1(3,4)8(5,6)7;1-4(2)3;/h1-5H;1-6H;(H,5,6,7);1H3,(H,2,3);/q;;;;+1/p-1. The van der Waals surface area contributed by atoms with E-state index in [2.05, 4.69) is 0 Å². The van der Waals surface area contributed by atoms with Crippen molar-refractivity contribution in [1.82, 2.24) is 0 Å². The molecule has 16 heteroatoms. The van der Waals surface area contributed by atoms with E-state index in [0.29, 0.717) is 0 Å². The molecular weight excluding hydrogens is 509 g/mol. The molecule has 0 aliphatic heterocycles. The third kappa shape index (κ3) is 20.8. The molecule has 0 amide bonds. The Morgan fingerprint density at radius 3 is 1.23 bits per heavy atom. The number of hydrogen-bond acceptors (Lipinski definition) is 5. The molecule has 0 spiro atoms. The summed E-state index contributed by atoms with van der Waals surface area (Å²) in [6, 6.07) is 18.8. The molecule has 0 aliphatic rings. The van der Waals surface area contributed by atoms with Crippen molar-refractivity contribution in [2.24, 2.45) is 0 Å². The molecule has 2 unspecified atom stereocenters. The van der Waals surface area contributed by atoms with Gasteiger partial charge < -0.3 is 4.55 Å². The van der Waals surface area contributed by atoms with Crippen molar-refractivity contribution in [2.45, 2.75) is 15.9 Å². The van der Waals surface area contributed by atoms with Gasteiger partial charge in [0.2, 0.25) is 0 Å². The summed E-state index contributed by atoms with van der Waals surface area (Å²) < 4.78 is 122. The predicted molar refractivity (Wildman–Crippen MR) is 97.8 cm³/mol. The fourth-order valence-electron chi connectivity index (χ4n) is 1.06. The molecule has 172 valence electrons. The Kier molecular flexibility index (Phi) is 18.8. The normalized spacial score (nSPS) is 12.7. The van der Waals surface area contributed by atoms with E-state index in [1.165, 1.54) is 24.3 Å².